The summed E-state index contributed by atoms with van der Waals surface area (Å²) in [5.74, 6) is 0. The Morgan fingerprint density at radius 1 is 1.27 bits per heavy atom. The molecule has 1 rings (SSSR count). The van der Waals surface area contributed by atoms with Crippen molar-refractivity contribution in [3.8, 4) is 0 Å². The molecule has 0 aromatic carbocycles. The third kappa shape index (κ3) is 1.62. The zero-order valence-corrected chi connectivity index (χ0v) is 6.48. The second-order valence-corrected chi connectivity index (χ2v) is 2.43. The molecule has 0 aromatic heterocycles. The SMILES string of the molecule is C=CC[N+]1(CC=C)C=CN=N1. The van der Waals surface area contributed by atoms with Crippen LogP contribution in [-0.2, 0) is 0 Å². The summed E-state index contributed by atoms with van der Waals surface area (Å²) in [5, 5.41) is 7.85. The summed E-state index contributed by atoms with van der Waals surface area (Å²) in [7, 11) is 0. The van der Waals surface area contributed by atoms with Crippen LogP contribution in [-0.4, -0.2) is 17.7 Å². The maximum absolute atomic E-state index is 4.06. The highest BCUT2D eigenvalue weighted by atomic mass is 15.7. The fraction of sp³-hybridized carbons (Fsp3) is 0.250. The highest BCUT2D eigenvalue weighted by molar-refractivity contribution is 4.80. The van der Waals surface area contributed by atoms with Crippen LogP contribution in [0, 0.1) is 0 Å². The van der Waals surface area contributed by atoms with Crippen LogP contribution in [0.4, 0.5) is 0 Å². The first-order valence-electron chi connectivity index (χ1n) is 3.52. The summed E-state index contributed by atoms with van der Waals surface area (Å²) < 4.78 is 0.479. The number of nitrogens with zero attached hydrogens (tertiary/aromatic N) is 3. The van der Waals surface area contributed by atoms with Crippen molar-refractivity contribution in [2.24, 2.45) is 10.3 Å². The van der Waals surface area contributed by atoms with E-state index in [1.807, 2.05) is 18.4 Å². The largest absolute Gasteiger partial charge is 0.145 e. The molecule has 0 radical (unpaired) electrons. The van der Waals surface area contributed by atoms with E-state index in [1.54, 1.807) is 6.20 Å². The van der Waals surface area contributed by atoms with Crippen molar-refractivity contribution in [1.82, 2.24) is 0 Å². The summed E-state index contributed by atoms with van der Waals surface area (Å²) in [6, 6.07) is 0. The number of rotatable bonds is 4. The summed E-state index contributed by atoms with van der Waals surface area (Å²) in [6.45, 7) is 8.87. The molecule has 1 heterocycles. The number of hydrogen-bond donors (Lipinski definition) is 0. The molecule has 0 saturated heterocycles. The second-order valence-electron chi connectivity index (χ2n) is 2.43. The highest BCUT2D eigenvalue weighted by Crippen LogP contribution is 2.15. The summed E-state index contributed by atoms with van der Waals surface area (Å²) >= 11 is 0. The lowest BCUT2D eigenvalue weighted by atomic mass is 10.4. The minimum Gasteiger partial charge on any atom is -0.145 e. The number of hydrogen-bond acceptors (Lipinski definition) is 2. The Bertz CT molecular complexity index is 191. The van der Waals surface area contributed by atoms with Gasteiger partial charge in [-0.05, 0) is 12.2 Å². The topological polar surface area (TPSA) is 24.7 Å². The van der Waals surface area contributed by atoms with E-state index in [0.717, 1.165) is 13.1 Å². The second kappa shape index (κ2) is 3.25. The van der Waals surface area contributed by atoms with Crippen LogP contribution in [0.15, 0.2) is 48.0 Å². The normalized spacial score (nSPS) is 18.5. The lowest BCUT2D eigenvalue weighted by molar-refractivity contribution is -0.875. The zero-order valence-electron chi connectivity index (χ0n) is 6.48. The Labute approximate surface area is 66.6 Å². The minimum atomic E-state index is 0.479. The van der Waals surface area contributed by atoms with E-state index in [2.05, 4.69) is 23.5 Å². The van der Waals surface area contributed by atoms with Crippen molar-refractivity contribution in [2.45, 2.75) is 0 Å². The third-order valence-electron chi connectivity index (χ3n) is 1.53. The molecular weight excluding hydrogens is 138 g/mol. The summed E-state index contributed by atoms with van der Waals surface area (Å²) in [6.07, 6.45) is 7.30. The first kappa shape index (κ1) is 7.88. The van der Waals surface area contributed by atoms with Gasteiger partial charge in [-0.3, -0.25) is 0 Å². The molecule has 3 nitrogen and oxygen atoms in total. The molecule has 0 fully saturated rings. The van der Waals surface area contributed by atoms with Gasteiger partial charge in [0.2, 0.25) is 0 Å². The lowest BCUT2D eigenvalue weighted by Gasteiger charge is -2.19. The van der Waals surface area contributed by atoms with E-state index in [4.69, 9.17) is 0 Å². The Morgan fingerprint density at radius 2 is 1.91 bits per heavy atom. The first-order valence-corrected chi connectivity index (χ1v) is 3.52. The van der Waals surface area contributed by atoms with Gasteiger partial charge in [0, 0.05) is 5.22 Å². The molecule has 0 amide bonds. The molecule has 0 unspecified atom stereocenters. The van der Waals surface area contributed by atoms with Gasteiger partial charge in [-0.15, -0.1) is 9.71 Å². The van der Waals surface area contributed by atoms with Gasteiger partial charge in [0.15, 0.2) is 0 Å². The van der Waals surface area contributed by atoms with Crippen molar-refractivity contribution in [1.29, 1.82) is 0 Å². The van der Waals surface area contributed by atoms with Gasteiger partial charge >= 0.3 is 0 Å². The number of quaternary nitrogens is 1. The van der Waals surface area contributed by atoms with Crippen molar-refractivity contribution in [3.63, 3.8) is 0 Å². The van der Waals surface area contributed by atoms with Crippen LogP contribution in [0.3, 0.4) is 0 Å². The standard InChI is InChI=1S/C8H12N3/c1-3-6-11(7-4-2)8-5-9-10-11/h3-5,8H,1-2,6-7H2/q+1. The molecular formula is C8H12N3+. The molecule has 0 aromatic rings. The van der Waals surface area contributed by atoms with Crippen molar-refractivity contribution in [2.75, 3.05) is 13.1 Å². The average Bonchev–Trinajstić information content (AvgIpc) is 2.39. The molecule has 1 aliphatic rings. The Hall–Kier alpha value is -1.22. The van der Waals surface area contributed by atoms with Crippen molar-refractivity contribution in [3.05, 3.63) is 37.7 Å². The monoisotopic (exact) mass is 150 g/mol. The minimum absolute atomic E-state index is 0.479. The van der Waals surface area contributed by atoms with E-state index >= 15 is 0 Å². The van der Waals surface area contributed by atoms with Crippen molar-refractivity contribution >= 4 is 0 Å². The van der Waals surface area contributed by atoms with Crippen LogP contribution in [0.25, 0.3) is 0 Å². The van der Waals surface area contributed by atoms with E-state index in [0.29, 0.717) is 4.59 Å². The van der Waals surface area contributed by atoms with Crippen LogP contribution < -0.4 is 0 Å². The Balaban J connectivity index is 2.70. The Kier molecular flexibility index (Phi) is 2.33. The smallest absolute Gasteiger partial charge is 0.145 e. The fourth-order valence-corrected chi connectivity index (χ4v) is 1.03. The Morgan fingerprint density at radius 3 is 2.27 bits per heavy atom. The zero-order chi connectivity index (χ0) is 8.16. The average molecular weight is 150 g/mol. The van der Waals surface area contributed by atoms with E-state index in [1.165, 1.54) is 0 Å². The van der Waals surface area contributed by atoms with Crippen LogP contribution in [0.5, 0.6) is 0 Å². The molecule has 0 aliphatic carbocycles. The maximum Gasteiger partial charge on any atom is 0.145 e. The molecule has 11 heavy (non-hydrogen) atoms. The lowest BCUT2D eigenvalue weighted by Crippen LogP contribution is -2.35. The van der Waals surface area contributed by atoms with Gasteiger partial charge in [-0.1, -0.05) is 13.2 Å². The predicted molar refractivity (Wildman–Crippen MR) is 44.4 cm³/mol. The van der Waals surface area contributed by atoms with Gasteiger partial charge < -0.3 is 0 Å². The van der Waals surface area contributed by atoms with E-state index in [-0.39, 0.29) is 0 Å². The van der Waals surface area contributed by atoms with E-state index < -0.39 is 0 Å². The quantitative estimate of drug-likeness (QED) is 0.432. The van der Waals surface area contributed by atoms with Gasteiger partial charge in [0.1, 0.15) is 25.5 Å². The molecule has 1 aliphatic heterocycles. The molecule has 3 heteroatoms. The molecule has 0 atom stereocenters. The molecule has 0 N–H and O–H groups in total. The summed E-state index contributed by atoms with van der Waals surface area (Å²) in [4.78, 5) is 0. The summed E-state index contributed by atoms with van der Waals surface area (Å²) in [5.41, 5.74) is 0. The van der Waals surface area contributed by atoms with Gasteiger partial charge in [-0.25, -0.2) is 0 Å². The fourth-order valence-electron chi connectivity index (χ4n) is 1.03. The van der Waals surface area contributed by atoms with E-state index in [9.17, 15) is 0 Å². The van der Waals surface area contributed by atoms with Crippen LogP contribution in [0.2, 0.25) is 0 Å². The van der Waals surface area contributed by atoms with Gasteiger partial charge in [-0.2, -0.15) is 0 Å². The van der Waals surface area contributed by atoms with Crippen molar-refractivity contribution < 1.29 is 4.59 Å². The van der Waals surface area contributed by atoms with Gasteiger partial charge in [0.25, 0.3) is 0 Å². The molecule has 0 bridgehead atoms. The predicted octanol–water partition coefficient (Wildman–Crippen LogP) is 2.03. The maximum atomic E-state index is 4.06. The highest BCUT2D eigenvalue weighted by Gasteiger charge is 2.24. The first-order chi connectivity index (χ1) is 5.33. The molecule has 0 saturated carbocycles. The van der Waals surface area contributed by atoms with Crippen LogP contribution in [0.1, 0.15) is 0 Å². The van der Waals surface area contributed by atoms with Gasteiger partial charge in [0.05, 0.1) is 0 Å². The molecule has 58 valence electrons. The molecule has 0 spiro atoms. The third-order valence-corrected chi connectivity index (χ3v) is 1.53. The van der Waals surface area contributed by atoms with Crippen LogP contribution >= 0.6 is 0 Å².